The van der Waals surface area contributed by atoms with E-state index >= 15 is 0 Å². The van der Waals surface area contributed by atoms with Crippen LogP contribution in [0.15, 0.2) is 194 Å². The van der Waals surface area contributed by atoms with Gasteiger partial charge in [-0.1, -0.05) is 195 Å². The standard InChI is InChI=1S/C51H37N3/c1-34-17-11-13-25-40(34)49-52-48(36-19-5-2-6-20-36)53-50(54-49)47-41-26-14-12-18-35(41)29-31-42(47)37-30-32-44-43-27-15-16-28-45(43)51(46(44)33-37,38-21-7-3-8-22-38)39-23-9-4-10-24-39/h2-34,40H,1H3. The summed E-state index contributed by atoms with van der Waals surface area (Å²) < 4.78 is 0. The molecule has 2 aliphatic carbocycles. The Morgan fingerprint density at radius 1 is 0.463 bits per heavy atom. The van der Waals surface area contributed by atoms with Crippen LogP contribution < -0.4 is 0 Å². The van der Waals surface area contributed by atoms with Crippen molar-refractivity contribution >= 4 is 10.8 Å². The molecule has 0 saturated heterocycles. The number of nitrogens with zero attached hydrogens (tertiary/aromatic N) is 3. The van der Waals surface area contributed by atoms with Gasteiger partial charge in [-0.3, -0.25) is 0 Å². The van der Waals surface area contributed by atoms with E-state index in [2.05, 4.69) is 183 Å². The lowest BCUT2D eigenvalue weighted by Crippen LogP contribution is -2.28. The molecular weight excluding hydrogens is 655 g/mol. The summed E-state index contributed by atoms with van der Waals surface area (Å²) in [4.78, 5) is 15.8. The molecule has 3 heteroatoms. The van der Waals surface area contributed by atoms with Crippen molar-refractivity contribution in [3.05, 3.63) is 222 Å². The molecule has 0 radical (unpaired) electrons. The predicted octanol–water partition coefficient (Wildman–Crippen LogP) is 12.2. The first kappa shape index (κ1) is 32.0. The lowest BCUT2D eigenvalue weighted by Gasteiger charge is -2.34. The van der Waals surface area contributed by atoms with Gasteiger partial charge in [0.1, 0.15) is 5.82 Å². The van der Waals surface area contributed by atoms with Gasteiger partial charge in [-0.25, -0.2) is 15.0 Å². The Labute approximate surface area is 316 Å². The smallest absolute Gasteiger partial charge is 0.164 e. The first-order chi connectivity index (χ1) is 26.7. The van der Waals surface area contributed by atoms with Gasteiger partial charge in [0.15, 0.2) is 11.6 Å². The summed E-state index contributed by atoms with van der Waals surface area (Å²) in [5.74, 6) is 2.43. The third kappa shape index (κ3) is 5.08. The van der Waals surface area contributed by atoms with Crippen LogP contribution in [0, 0.1) is 5.92 Å². The van der Waals surface area contributed by atoms with Gasteiger partial charge in [0.05, 0.1) is 5.41 Å². The first-order valence-corrected chi connectivity index (χ1v) is 18.7. The second kappa shape index (κ2) is 13.1. The summed E-state index contributed by atoms with van der Waals surface area (Å²) in [5.41, 5.74) is 11.3. The molecule has 0 saturated carbocycles. The molecule has 0 fully saturated rings. The van der Waals surface area contributed by atoms with E-state index < -0.39 is 5.41 Å². The molecule has 0 aliphatic heterocycles. The van der Waals surface area contributed by atoms with Crippen molar-refractivity contribution in [1.29, 1.82) is 0 Å². The van der Waals surface area contributed by atoms with Gasteiger partial charge in [0.2, 0.25) is 0 Å². The Morgan fingerprint density at radius 2 is 1.07 bits per heavy atom. The number of hydrogen-bond acceptors (Lipinski definition) is 3. The molecule has 256 valence electrons. The Morgan fingerprint density at radius 3 is 1.83 bits per heavy atom. The number of benzene rings is 7. The molecule has 3 nitrogen and oxygen atoms in total. The molecule has 2 atom stereocenters. The second-order valence-corrected chi connectivity index (χ2v) is 14.4. The zero-order valence-corrected chi connectivity index (χ0v) is 30.0. The van der Waals surface area contributed by atoms with Crippen molar-refractivity contribution in [2.75, 3.05) is 0 Å². The monoisotopic (exact) mass is 691 g/mol. The van der Waals surface area contributed by atoms with Crippen molar-refractivity contribution in [3.8, 4) is 45.0 Å². The number of rotatable bonds is 6. The van der Waals surface area contributed by atoms with Crippen LogP contribution in [0.1, 0.15) is 40.9 Å². The molecule has 2 unspecified atom stereocenters. The molecule has 10 rings (SSSR count). The van der Waals surface area contributed by atoms with E-state index in [1.807, 2.05) is 18.2 Å². The highest BCUT2D eigenvalue weighted by molar-refractivity contribution is 6.03. The Hall–Kier alpha value is -6.71. The lowest BCUT2D eigenvalue weighted by atomic mass is 9.67. The van der Waals surface area contributed by atoms with Crippen LogP contribution in [0.2, 0.25) is 0 Å². The largest absolute Gasteiger partial charge is 0.212 e. The summed E-state index contributed by atoms with van der Waals surface area (Å²) in [7, 11) is 0. The minimum absolute atomic E-state index is 0.0356. The van der Waals surface area contributed by atoms with E-state index in [0.29, 0.717) is 11.6 Å². The van der Waals surface area contributed by atoms with Crippen molar-refractivity contribution < 1.29 is 0 Å². The SMILES string of the molecule is CC1C=CC=CC1c1nc(-c2ccccc2)nc(-c2c(-c3ccc4c(c3)C(c3ccccc3)(c3ccccc3)c3ccccc3-4)ccc3ccccc23)n1. The molecule has 0 amide bonds. The Bertz CT molecular complexity index is 2690. The summed E-state index contributed by atoms with van der Waals surface area (Å²) in [6.07, 6.45) is 8.66. The van der Waals surface area contributed by atoms with Crippen LogP contribution in [0.5, 0.6) is 0 Å². The average Bonchev–Trinajstić information content (AvgIpc) is 3.54. The van der Waals surface area contributed by atoms with Gasteiger partial charge in [-0.2, -0.15) is 0 Å². The molecule has 0 spiro atoms. The van der Waals surface area contributed by atoms with Gasteiger partial charge < -0.3 is 0 Å². The highest BCUT2D eigenvalue weighted by atomic mass is 15.0. The topological polar surface area (TPSA) is 38.7 Å². The van der Waals surface area contributed by atoms with E-state index in [1.54, 1.807) is 0 Å². The number of hydrogen-bond donors (Lipinski definition) is 0. The van der Waals surface area contributed by atoms with Crippen molar-refractivity contribution in [2.24, 2.45) is 5.92 Å². The quantitative estimate of drug-likeness (QED) is 0.174. The van der Waals surface area contributed by atoms with Crippen LogP contribution in [-0.4, -0.2) is 15.0 Å². The summed E-state index contributed by atoms with van der Waals surface area (Å²) in [5, 5.41) is 2.25. The summed E-state index contributed by atoms with van der Waals surface area (Å²) >= 11 is 0. The molecule has 1 aromatic heterocycles. The number of fused-ring (bicyclic) bond motifs is 4. The Balaban J connectivity index is 1.26. The molecule has 0 bridgehead atoms. The zero-order valence-electron chi connectivity index (χ0n) is 30.0. The maximum Gasteiger partial charge on any atom is 0.164 e. The average molecular weight is 692 g/mol. The molecule has 0 N–H and O–H groups in total. The lowest BCUT2D eigenvalue weighted by molar-refractivity contribution is 0.600. The minimum Gasteiger partial charge on any atom is -0.212 e. The van der Waals surface area contributed by atoms with Crippen molar-refractivity contribution in [3.63, 3.8) is 0 Å². The fourth-order valence-electron chi connectivity index (χ4n) is 8.77. The van der Waals surface area contributed by atoms with E-state index in [9.17, 15) is 0 Å². The maximum absolute atomic E-state index is 5.36. The van der Waals surface area contributed by atoms with Crippen LogP contribution >= 0.6 is 0 Å². The van der Waals surface area contributed by atoms with Gasteiger partial charge in [-0.05, 0) is 67.3 Å². The van der Waals surface area contributed by atoms with Crippen LogP contribution in [0.4, 0.5) is 0 Å². The fourth-order valence-corrected chi connectivity index (χ4v) is 8.77. The molecule has 2 aliphatic rings. The van der Waals surface area contributed by atoms with E-state index in [0.717, 1.165) is 38.9 Å². The minimum atomic E-state index is -0.501. The van der Waals surface area contributed by atoms with E-state index in [4.69, 9.17) is 15.0 Å². The van der Waals surface area contributed by atoms with E-state index in [1.165, 1.54) is 33.4 Å². The number of aromatic nitrogens is 3. The number of allylic oxidation sites excluding steroid dienone is 4. The van der Waals surface area contributed by atoms with Crippen molar-refractivity contribution in [2.45, 2.75) is 18.3 Å². The van der Waals surface area contributed by atoms with Gasteiger partial charge >= 0.3 is 0 Å². The zero-order chi connectivity index (χ0) is 36.1. The third-order valence-corrected chi connectivity index (χ3v) is 11.3. The van der Waals surface area contributed by atoms with Crippen LogP contribution in [0.3, 0.4) is 0 Å². The predicted molar refractivity (Wildman–Crippen MR) is 221 cm³/mol. The van der Waals surface area contributed by atoms with E-state index in [-0.39, 0.29) is 11.8 Å². The molecule has 54 heavy (non-hydrogen) atoms. The highest BCUT2D eigenvalue weighted by Gasteiger charge is 2.46. The first-order valence-electron chi connectivity index (χ1n) is 18.7. The van der Waals surface area contributed by atoms with Crippen molar-refractivity contribution in [1.82, 2.24) is 15.0 Å². The molecule has 1 heterocycles. The van der Waals surface area contributed by atoms with Crippen LogP contribution in [0.25, 0.3) is 55.8 Å². The molecule has 8 aromatic rings. The summed E-state index contributed by atoms with van der Waals surface area (Å²) in [6.45, 7) is 2.23. The van der Waals surface area contributed by atoms with Gasteiger partial charge in [0.25, 0.3) is 0 Å². The normalized spacial score (nSPS) is 16.6. The van der Waals surface area contributed by atoms with Gasteiger partial charge in [0, 0.05) is 17.0 Å². The second-order valence-electron chi connectivity index (χ2n) is 14.4. The molecular formula is C51H37N3. The summed E-state index contributed by atoms with van der Waals surface area (Å²) in [6, 6.07) is 61.3. The van der Waals surface area contributed by atoms with Crippen LogP contribution in [-0.2, 0) is 5.41 Å². The fraction of sp³-hybridized carbons (Fsp3) is 0.0784. The maximum atomic E-state index is 5.36. The Kier molecular flexibility index (Phi) is 7.73. The third-order valence-electron chi connectivity index (χ3n) is 11.3. The molecule has 7 aromatic carbocycles. The van der Waals surface area contributed by atoms with Gasteiger partial charge in [-0.15, -0.1) is 0 Å². The highest BCUT2D eigenvalue weighted by Crippen LogP contribution is 2.57.